The Morgan fingerprint density at radius 1 is 0.652 bits per heavy atom. The van der Waals surface area contributed by atoms with Crippen molar-refractivity contribution in [3.63, 3.8) is 0 Å². The first kappa shape index (κ1) is 38.6. The summed E-state index contributed by atoms with van der Waals surface area (Å²) in [5, 5.41) is 113. The zero-order chi connectivity index (χ0) is 34.5. The first-order chi connectivity index (χ1) is 21.4. The highest BCUT2D eigenvalue weighted by molar-refractivity contribution is 5.67. The third kappa shape index (κ3) is 10.1. The molecule has 20 nitrogen and oxygen atoms in total. The Morgan fingerprint density at radius 3 is 1.46 bits per heavy atom. The lowest BCUT2D eigenvalue weighted by atomic mass is 9.96. The number of hydrogen-bond donors (Lipinski definition) is 10. The molecule has 0 spiro atoms. The highest BCUT2D eigenvalue weighted by Crippen LogP contribution is 2.28. The molecule has 0 bridgehead atoms. The Kier molecular flexibility index (Phi) is 13.8. The average Bonchev–Trinajstić information content (AvgIpc) is 2.97. The molecule has 0 radical (unpaired) electrons. The van der Waals surface area contributed by atoms with Crippen molar-refractivity contribution in [2.24, 2.45) is 4.99 Å². The van der Waals surface area contributed by atoms with Crippen LogP contribution in [0.2, 0.25) is 0 Å². The molecule has 15 unspecified atom stereocenters. The second-order valence-electron chi connectivity index (χ2n) is 12.0. The van der Waals surface area contributed by atoms with Crippen molar-refractivity contribution >= 4 is 12.1 Å². The fourth-order valence-electron chi connectivity index (χ4n) is 4.76. The van der Waals surface area contributed by atoms with Gasteiger partial charge in [-0.15, -0.1) is 0 Å². The van der Waals surface area contributed by atoms with Gasteiger partial charge in [-0.3, -0.25) is 9.79 Å². The van der Waals surface area contributed by atoms with Crippen LogP contribution in [0, 0.1) is 0 Å². The van der Waals surface area contributed by atoms with Gasteiger partial charge in [-0.2, -0.15) is 0 Å². The van der Waals surface area contributed by atoms with E-state index in [2.05, 4.69) is 4.99 Å². The lowest BCUT2D eigenvalue weighted by Gasteiger charge is -2.43. The molecular formula is C26H44NO19-. The number of aliphatic carboxylic acids is 1. The van der Waals surface area contributed by atoms with E-state index >= 15 is 0 Å². The van der Waals surface area contributed by atoms with Crippen LogP contribution in [-0.4, -0.2) is 187 Å². The van der Waals surface area contributed by atoms with Crippen LogP contribution in [0.25, 0.3) is 0 Å². The summed E-state index contributed by atoms with van der Waals surface area (Å²) in [7, 11) is 0. The summed E-state index contributed by atoms with van der Waals surface area (Å²) in [5.74, 6) is -1.37. The van der Waals surface area contributed by atoms with Crippen LogP contribution in [0.4, 0.5) is 0 Å². The molecule has 0 aromatic heterocycles. The van der Waals surface area contributed by atoms with Crippen molar-refractivity contribution in [3.8, 4) is 0 Å². The topological polar surface area (TPSA) is 319 Å². The van der Waals surface area contributed by atoms with Gasteiger partial charge < -0.3 is 89.3 Å². The maximum atomic E-state index is 11.7. The Morgan fingerprint density at radius 2 is 1.04 bits per heavy atom. The molecule has 20 heteroatoms. The molecule has 3 saturated heterocycles. The molecule has 10 N–H and O–H groups in total. The van der Waals surface area contributed by atoms with Crippen molar-refractivity contribution in [2.45, 2.75) is 125 Å². The molecule has 3 rings (SSSR count). The third-order valence-electron chi connectivity index (χ3n) is 7.24. The van der Waals surface area contributed by atoms with E-state index in [1.165, 1.54) is 0 Å². The summed E-state index contributed by atoms with van der Waals surface area (Å²) >= 11 is 0. The van der Waals surface area contributed by atoms with Crippen LogP contribution in [0.1, 0.15) is 27.2 Å². The number of carboxylic acid groups (broad SMARTS) is 1. The van der Waals surface area contributed by atoms with Gasteiger partial charge in [-0.05, 0) is 0 Å². The normalized spacial score (nSPS) is 42.5. The van der Waals surface area contributed by atoms with E-state index in [4.69, 9.17) is 38.3 Å². The summed E-state index contributed by atoms with van der Waals surface area (Å²) < 4.78 is 37.5. The minimum Gasteiger partial charge on any atom is -0.595 e. The molecular weight excluding hydrogens is 630 g/mol. The second-order valence-corrected chi connectivity index (χ2v) is 12.0. The summed E-state index contributed by atoms with van der Waals surface area (Å²) in [4.78, 5) is 14.7. The molecule has 0 aromatic carbocycles. The van der Waals surface area contributed by atoms with Crippen LogP contribution < -0.4 is 5.11 Å². The monoisotopic (exact) mass is 674 g/mol. The second kappa shape index (κ2) is 16.5. The Balaban J connectivity index is 1.56. The largest absolute Gasteiger partial charge is 0.595 e. The van der Waals surface area contributed by atoms with Crippen LogP contribution in [0.3, 0.4) is 0 Å². The lowest BCUT2D eigenvalue weighted by molar-refractivity contribution is -0.341. The predicted molar refractivity (Wildman–Crippen MR) is 143 cm³/mol. The summed E-state index contributed by atoms with van der Waals surface area (Å²) in [6.07, 6.45) is -26.9. The minimum absolute atomic E-state index is 0.185. The van der Waals surface area contributed by atoms with E-state index in [-0.39, 0.29) is 13.2 Å². The van der Waals surface area contributed by atoms with Crippen molar-refractivity contribution in [3.05, 3.63) is 0 Å². The van der Waals surface area contributed by atoms with E-state index in [1.54, 1.807) is 20.8 Å². The SMILES string of the molecule is CC(C)(C)OC([O-])=NCCOC1OC(COC2OC(COC3OC(CC(=O)O)C(O)C(O)C3O)C(O)C(O)C2O)C(O)C(O)C1O. The highest BCUT2D eigenvalue weighted by atomic mass is 16.7. The van der Waals surface area contributed by atoms with Crippen molar-refractivity contribution in [2.75, 3.05) is 26.4 Å². The van der Waals surface area contributed by atoms with E-state index in [1.807, 2.05) is 0 Å². The van der Waals surface area contributed by atoms with Crippen molar-refractivity contribution < 1.29 is 94.1 Å². The molecule has 3 fully saturated rings. The average molecular weight is 675 g/mol. The number of nitrogens with zero attached hydrogens (tertiary/aromatic N) is 1. The molecule has 0 aromatic rings. The molecule has 46 heavy (non-hydrogen) atoms. The Bertz CT molecular complexity index is 997. The van der Waals surface area contributed by atoms with Crippen molar-refractivity contribution in [1.29, 1.82) is 0 Å². The van der Waals surface area contributed by atoms with Gasteiger partial charge in [0.1, 0.15) is 73.2 Å². The molecule has 0 amide bonds. The van der Waals surface area contributed by atoms with Crippen LogP contribution >= 0.6 is 0 Å². The Labute approximate surface area is 262 Å². The van der Waals surface area contributed by atoms with Gasteiger partial charge in [-0.1, -0.05) is 20.8 Å². The summed E-state index contributed by atoms with van der Waals surface area (Å²) in [6.45, 7) is 3.26. The van der Waals surface area contributed by atoms with Crippen LogP contribution in [0.5, 0.6) is 0 Å². The summed E-state index contributed by atoms with van der Waals surface area (Å²) in [5.41, 5.74) is -0.762. The molecule has 3 heterocycles. The zero-order valence-electron chi connectivity index (χ0n) is 25.3. The predicted octanol–water partition coefficient (Wildman–Crippen LogP) is -6.53. The van der Waals surface area contributed by atoms with Crippen LogP contribution in [-0.2, 0) is 38.0 Å². The Hall–Kier alpha value is -1.86. The number of carbonyl (C=O) groups is 1. The van der Waals surface area contributed by atoms with Gasteiger partial charge >= 0.3 is 5.97 Å². The molecule has 3 aliphatic heterocycles. The quantitative estimate of drug-likeness (QED) is 0.0522. The molecule has 268 valence electrons. The number of aliphatic hydroxyl groups excluding tert-OH is 9. The first-order valence-corrected chi connectivity index (χ1v) is 14.5. The molecule has 0 saturated carbocycles. The zero-order valence-corrected chi connectivity index (χ0v) is 25.3. The van der Waals surface area contributed by atoms with Crippen molar-refractivity contribution in [1.82, 2.24) is 0 Å². The summed E-state index contributed by atoms with van der Waals surface area (Å²) in [6, 6.07) is 0. The smallest absolute Gasteiger partial charge is 0.306 e. The number of ether oxygens (including phenoxy) is 7. The lowest BCUT2D eigenvalue weighted by Crippen LogP contribution is -2.62. The molecule has 0 aliphatic carbocycles. The number of aliphatic hydroxyl groups is 9. The fourth-order valence-corrected chi connectivity index (χ4v) is 4.76. The number of rotatable bonds is 12. The maximum absolute atomic E-state index is 11.7. The van der Waals surface area contributed by atoms with Gasteiger partial charge in [-0.25, -0.2) is 0 Å². The molecule has 3 aliphatic rings. The van der Waals surface area contributed by atoms with Gasteiger partial charge in [0.15, 0.2) is 18.9 Å². The third-order valence-corrected chi connectivity index (χ3v) is 7.24. The molecule has 15 atom stereocenters. The van der Waals surface area contributed by atoms with Gasteiger partial charge in [0.25, 0.3) is 0 Å². The number of hydrogen-bond acceptors (Lipinski definition) is 19. The number of aliphatic imine (C=N–C) groups is 1. The van der Waals surface area contributed by atoms with Gasteiger partial charge in [0.05, 0.1) is 38.9 Å². The van der Waals surface area contributed by atoms with E-state index < -0.39 is 129 Å². The van der Waals surface area contributed by atoms with Crippen LogP contribution in [0.15, 0.2) is 4.99 Å². The maximum Gasteiger partial charge on any atom is 0.306 e. The standard InChI is InChI=1S/C26H45NO19/c1-26(2,3)46-25(39)27-4-5-40-22-19(36)17(34)14(31)10(44-22)7-42-24-21(38)18(35)15(32)11(45-24)8-41-23-20(37)16(33)13(30)9(43-23)6-12(28)29/h9-11,13-24,30-38H,4-8H2,1-3H3,(H,27,39)(H,28,29)/p-1. The highest BCUT2D eigenvalue weighted by Gasteiger charge is 2.49. The van der Waals surface area contributed by atoms with E-state index in [0.29, 0.717) is 0 Å². The minimum atomic E-state index is -1.87. The fraction of sp³-hybridized carbons (Fsp3) is 0.923. The first-order valence-electron chi connectivity index (χ1n) is 14.5. The van der Waals surface area contributed by atoms with E-state index in [9.17, 15) is 55.9 Å². The van der Waals surface area contributed by atoms with Gasteiger partial charge in [0, 0.05) is 5.60 Å². The number of carboxylic acids is 1. The van der Waals surface area contributed by atoms with E-state index in [0.717, 1.165) is 0 Å². The van der Waals surface area contributed by atoms with Gasteiger partial charge in [0.2, 0.25) is 0 Å².